The van der Waals surface area contributed by atoms with Crippen molar-refractivity contribution in [3.8, 4) is 11.3 Å². The number of benzene rings is 1. The van der Waals surface area contributed by atoms with E-state index in [1.54, 1.807) is 19.1 Å². The summed E-state index contributed by atoms with van der Waals surface area (Å²) < 4.78 is 5.96. The van der Waals surface area contributed by atoms with Crippen molar-refractivity contribution in [2.24, 2.45) is 0 Å². The van der Waals surface area contributed by atoms with Gasteiger partial charge in [-0.1, -0.05) is 40.5 Å². The standard InChI is InChI=1S/C16H15BrClNO2/c1-3-14-12(16(20)21-4-2)7-8-15(19-14)11-6-5-10(17)9-13(11)18/h5-9H,3-4H2,1-2H3. The average molecular weight is 369 g/mol. The van der Waals surface area contributed by atoms with Crippen LogP contribution in [0.1, 0.15) is 29.9 Å². The topological polar surface area (TPSA) is 39.2 Å². The fourth-order valence-corrected chi connectivity index (χ4v) is 2.78. The van der Waals surface area contributed by atoms with Crippen LogP contribution in [-0.2, 0) is 11.2 Å². The van der Waals surface area contributed by atoms with Gasteiger partial charge in [0.25, 0.3) is 0 Å². The van der Waals surface area contributed by atoms with Crippen molar-refractivity contribution in [3.63, 3.8) is 0 Å². The van der Waals surface area contributed by atoms with Crippen LogP contribution in [0.25, 0.3) is 11.3 Å². The Morgan fingerprint density at radius 1 is 1.29 bits per heavy atom. The van der Waals surface area contributed by atoms with Gasteiger partial charge in [0.2, 0.25) is 0 Å². The Bertz CT molecular complexity index is 673. The van der Waals surface area contributed by atoms with Gasteiger partial charge in [-0.05, 0) is 37.6 Å². The van der Waals surface area contributed by atoms with Crippen molar-refractivity contribution < 1.29 is 9.53 Å². The number of hydrogen-bond acceptors (Lipinski definition) is 3. The number of rotatable bonds is 4. The summed E-state index contributed by atoms with van der Waals surface area (Å²) in [6.45, 7) is 4.09. The summed E-state index contributed by atoms with van der Waals surface area (Å²) >= 11 is 9.63. The van der Waals surface area contributed by atoms with Gasteiger partial charge >= 0.3 is 5.97 Å². The third kappa shape index (κ3) is 3.63. The molecule has 2 rings (SSSR count). The van der Waals surface area contributed by atoms with Crippen LogP contribution in [0.15, 0.2) is 34.8 Å². The Morgan fingerprint density at radius 3 is 2.67 bits per heavy atom. The number of halogens is 2. The summed E-state index contributed by atoms with van der Waals surface area (Å²) in [5.74, 6) is -0.338. The first-order valence-corrected chi connectivity index (χ1v) is 7.86. The van der Waals surface area contributed by atoms with Crippen molar-refractivity contribution in [1.82, 2.24) is 4.98 Å². The minimum atomic E-state index is -0.338. The molecule has 0 amide bonds. The van der Waals surface area contributed by atoms with E-state index in [-0.39, 0.29) is 5.97 Å². The van der Waals surface area contributed by atoms with Crippen LogP contribution in [0.5, 0.6) is 0 Å². The second kappa shape index (κ2) is 7.05. The summed E-state index contributed by atoms with van der Waals surface area (Å²) in [4.78, 5) is 16.4. The highest BCUT2D eigenvalue weighted by Gasteiger charge is 2.15. The van der Waals surface area contributed by atoms with Gasteiger partial charge in [0.1, 0.15) is 0 Å². The molecule has 0 saturated carbocycles. The Balaban J connectivity index is 2.45. The van der Waals surface area contributed by atoms with E-state index in [0.717, 1.165) is 15.7 Å². The smallest absolute Gasteiger partial charge is 0.339 e. The molecule has 0 aliphatic heterocycles. The molecule has 1 aromatic heterocycles. The molecule has 3 nitrogen and oxygen atoms in total. The first kappa shape index (κ1) is 16.0. The number of carbonyl (C=O) groups is 1. The van der Waals surface area contributed by atoms with Crippen LogP contribution in [0.3, 0.4) is 0 Å². The molecule has 0 aliphatic rings. The molecule has 110 valence electrons. The lowest BCUT2D eigenvalue weighted by Gasteiger charge is -2.10. The molecule has 1 aromatic carbocycles. The van der Waals surface area contributed by atoms with Gasteiger partial charge in [-0.15, -0.1) is 0 Å². The van der Waals surface area contributed by atoms with E-state index in [4.69, 9.17) is 16.3 Å². The number of hydrogen-bond donors (Lipinski definition) is 0. The van der Waals surface area contributed by atoms with Crippen LogP contribution in [0.2, 0.25) is 5.02 Å². The number of aryl methyl sites for hydroxylation is 1. The molecule has 0 N–H and O–H groups in total. The largest absolute Gasteiger partial charge is 0.462 e. The second-order valence-electron chi connectivity index (χ2n) is 4.39. The van der Waals surface area contributed by atoms with Gasteiger partial charge in [0, 0.05) is 10.0 Å². The number of esters is 1. The third-order valence-corrected chi connectivity index (χ3v) is 3.82. The van der Waals surface area contributed by atoms with Crippen LogP contribution >= 0.6 is 27.5 Å². The first-order valence-electron chi connectivity index (χ1n) is 6.69. The normalized spacial score (nSPS) is 10.5. The number of pyridine rings is 1. The maximum Gasteiger partial charge on any atom is 0.339 e. The first-order chi connectivity index (χ1) is 10.1. The molecule has 0 aliphatic carbocycles. The lowest BCUT2D eigenvalue weighted by Crippen LogP contribution is -2.09. The highest BCUT2D eigenvalue weighted by Crippen LogP contribution is 2.30. The Kier molecular flexibility index (Phi) is 5.37. The number of ether oxygens (including phenoxy) is 1. The van der Waals surface area contributed by atoms with E-state index in [2.05, 4.69) is 20.9 Å². The summed E-state index contributed by atoms with van der Waals surface area (Å²) in [7, 11) is 0. The molecule has 1 heterocycles. The minimum Gasteiger partial charge on any atom is -0.462 e. The molecule has 0 unspecified atom stereocenters. The van der Waals surface area contributed by atoms with E-state index in [1.807, 2.05) is 25.1 Å². The Morgan fingerprint density at radius 2 is 2.05 bits per heavy atom. The van der Waals surface area contributed by atoms with E-state index in [0.29, 0.717) is 29.3 Å². The molecule has 5 heteroatoms. The zero-order chi connectivity index (χ0) is 15.4. The van der Waals surface area contributed by atoms with Crippen molar-refractivity contribution in [3.05, 3.63) is 51.1 Å². The molecule has 21 heavy (non-hydrogen) atoms. The monoisotopic (exact) mass is 367 g/mol. The van der Waals surface area contributed by atoms with Crippen LogP contribution in [0, 0.1) is 0 Å². The van der Waals surface area contributed by atoms with Gasteiger partial charge in [-0.3, -0.25) is 4.98 Å². The quantitative estimate of drug-likeness (QED) is 0.720. The van der Waals surface area contributed by atoms with Crippen LogP contribution in [-0.4, -0.2) is 17.6 Å². The lowest BCUT2D eigenvalue weighted by molar-refractivity contribution is 0.0524. The molecule has 0 fully saturated rings. The molecular weight excluding hydrogens is 354 g/mol. The second-order valence-corrected chi connectivity index (χ2v) is 5.71. The van der Waals surface area contributed by atoms with E-state index >= 15 is 0 Å². The molecular formula is C16H15BrClNO2. The Labute approximate surface area is 137 Å². The van der Waals surface area contributed by atoms with E-state index in [9.17, 15) is 4.79 Å². The number of carbonyl (C=O) groups excluding carboxylic acids is 1. The van der Waals surface area contributed by atoms with E-state index in [1.165, 1.54) is 0 Å². The van der Waals surface area contributed by atoms with Crippen LogP contribution < -0.4 is 0 Å². The predicted octanol–water partition coefficient (Wildman–Crippen LogP) is 4.90. The highest BCUT2D eigenvalue weighted by atomic mass is 79.9. The van der Waals surface area contributed by atoms with Gasteiger partial charge in [0.15, 0.2) is 0 Å². The maximum absolute atomic E-state index is 11.9. The Hall–Kier alpha value is -1.39. The fraction of sp³-hybridized carbons (Fsp3) is 0.250. The van der Waals surface area contributed by atoms with Crippen LogP contribution in [0.4, 0.5) is 0 Å². The van der Waals surface area contributed by atoms with Crippen molar-refractivity contribution in [2.75, 3.05) is 6.61 Å². The summed E-state index contributed by atoms with van der Waals surface area (Å²) in [5.41, 5.74) is 2.81. The zero-order valence-electron chi connectivity index (χ0n) is 11.8. The van der Waals surface area contributed by atoms with Gasteiger partial charge in [-0.2, -0.15) is 0 Å². The maximum atomic E-state index is 11.9. The average Bonchev–Trinajstić information content (AvgIpc) is 2.47. The van der Waals surface area contributed by atoms with Gasteiger partial charge in [0.05, 0.1) is 28.6 Å². The summed E-state index contributed by atoms with van der Waals surface area (Å²) in [5, 5.41) is 0.614. The third-order valence-electron chi connectivity index (χ3n) is 3.01. The molecule has 0 spiro atoms. The predicted molar refractivity (Wildman–Crippen MR) is 87.7 cm³/mol. The number of nitrogens with zero attached hydrogens (tertiary/aromatic N) is 1. The van der Waals surface area contributed by atoms with Crippen molar-refractivity contribution in [2.45, 2.75) is 20.3 Å². The number of aromatic nitrogens is 1. The molecule has 0 radical (unpaired) electrons. The molecule has 0 bridgehead atoms. The van der Waals surface area contributed by atoms with Crippen molar-refractivity contribution in [1.29, 1.82) is 0 Å². The van der Waals surface area contributed by atoms with Gasteiger partial charge in [-0.25, -0.2) is 4.79 Å². The van der Waals surface area contributed by atoms with Gasteiger partial charge < -0.3 is 4.74 Å². The highest BCUT2D eigenvalue weighted by molar-refractivity contribution is 9.10. The molecule has 0 saturated heterocycles. The van der Waals surface area contributed by atoms with Crippen molar-refractivity contribution >= 4 is 33.5 Å². The SMILES string of the molecule is CCOC(=O)c1ccc(-c2ccc(Br)cc2Cl)nc1CC. The summed E-state index contributed by atoms with van der Waals surface area (Å²) in [6, 6.07) is 9.17. The fourth-order valence-electron chi connectivity index (χ4n) is 2.01. The molecule has 2 aromatic rings. The summed E-state index contributed by atoms with van der Waals surface area (Å²) in [6.07, 6.45) is 0.649. The lowest BCUT2D eigenvalue weighted by atomic mass is 10.1. The molecule has 0 atom stereocenters. The van der Waals surface area contributed by atoms with E-state index < -0.39 is 0 Å². The zero-order valence-corrected chi connectivity index (χ0v) is 14.2. The minimum absolute atomic E-state index is 0.338.